The second kappa shape index (κ2) is 10.3. The third-order valence-corrected chi connectivity index (χ3v) is 7.43. The molecule has 0 aliphatic rings. The van der Waals surface area contributed by atoms with Gasteiger partial charge in [0.15, 0.2) is 0 Å². The van der Waals surface area contributed by atoms with Crippen LogP contribution in [0.25, 0.3) is 10.8 Å². The molecule has 0 radical (unpaired) electrons. The molecule has 0 heterocycles. The largest absolute Gasteiger partial charge is 0.495 e. The number of sulfonamides is 1. The average Bonchev–Trinajstić information content (AvgIpc) is 2.84. The van der Waals surface area contributed by atoms with Crippen molar-refractivity contribution in [2.75, 3.05) is 19.0 Å². The monoisotopic (exact) mass is 494 g/mol. The second-order valence-electron chi connectivity index (χ2n) is 7.63. The summed E-state index contributed by atoms with van der Waals surface area (Å²) in [6, 6.07) is 26.6. The molecule has 4 rings (SSSR count). The molecular formula is C26H23ClN2O4S. The van der Waals surface area contributed by atoms with Crippen LogP contribution in [0.15, 0.2) is 95.9 Å². The number of rotatable bonds is 8. The van der Waals surface area contributed by atoms with Crippen molar-refractivity contribution in [2.24, 2.45) is 0 Å². The van der Waals surface area contributed by atoms with Gasteiger partial charge in [0.2, 0.25) is 15.9 Å². The van der Waals surface area contributed by atoms with Gasteiger partial charge in [-0.3, -0.25) is 4.79 Å². The standard InChI is InChI=1S/C26H23ClN2O4S/c1-33-25-15-14-21(16-23(25)27)34(31,32)29(17-19-8-3-2-4-9-19)18-26(30)28-24-13-7-11-20-10-5-6-12-22(20)24/h2-16H,17-18H2,1H3,(H,28,30). The summed E-state index contributed by atoms with van der Waals surface area (Å²) >= 11 is 6.18. The summed E-state index contributed by atoms with van der Waals surface area (Å²) in [5, 5.41) is 4.88. The molecule has 0 bridgehead atoms. The Bertz CT molecular complexity index is 1420. The molecule has 0 saturated carbocycles. The zero-order valence-electron chi connectivity index (χ0n) is 18.4. The van der Waals surface area contributed by atoms with Crippen LogP contribution in [-0.2, 0) is 21.4 Å². The van der Waals surface area contributed by atoms with Crippen molar-refractivity contribution in [3.05, 3.63) is 102 Å². The maximum atomic E-state index is 13.5. The van der Waals surface area contributed by atoms with Crippen LogP contribution in [0.1, 0.15) is 5.56 Å². The van der Waals surface area contributed by atoms with Crippen LogP contribution in [0.4, 0.5) is 5.69 Å². The summed E-state index contributed by atoms with van der Waals surface area (Å²) in [6.07, 6.45) is 0. The van der Waals surface area contributed by atoms with E-state index in [2.05, 4.69) is 5.32 Å². The lowest BCUT2D eigenvalue weighted by atomic mass is 10.1. The lowest BCUT2D eigenvalue weighted by Gasteiger charge is -2.22. The first-order valence-corrected chi connectivity index (χ1v) is 12.4. The molecule has 0 aliphatic heterocycles. The number of methoxy groups -OCH3 is 1. The number of anilines is 1. The molecule has 8 heteroatoms. The van der Waals surface area contributed by atoms with E-state index in [1.54, 1.807) is 6.07 Å². The Morgan fingerprint density at radius 3 is 2.38 bits per heavy atom. The van der Waals surface area contributed by atoms with Crippen molar-refractivity contribution in [3.8, 4) is 5.75 Å². The van der Waals surface area contributed by atoms with Gasteiger partial charge in [-0.15, -0.1) is 0 Å². The van der Waals surface area contributed by atoms with E-state index in [4.69, 9.17) is 16.3 Å². The van der Waals surface area contributed by atoms with Crippen LogP contribution in [0.3, 0.4) is 0 Å². The Morgan fingerprint density at radius 1 is 0.941 bits per heavy atom. The van der Waals surface area contributed by atoms with Crippen LogP contribution < -0.4 is 10.1 Å². The lowest BCUT2D eigenvalue weighted by molar-refractivity contribution is -0.116. The van der Waals surface area contributed by atoms with Gasteiger partial charge in [-0.2, -0.15) is 4.31 Å². The number of ether oxygens (including phenoxy) is 1. The maximum Gasteiger partial charge on any atom is 0.243 e. The highest BCUT2D eigenvalue weighted by molar-refractivity contribution is 7.89. The number of nitrogens with zero attached hydrogens (tertiary/aromatic N) is 1. The van der Waals surface area contributed by atoms with Gasteiger partial charge in [0.1, 0.15) is 5.75 Å². The third kappa shape index (κ3) is 5.22. The highest BCUT2D eigenvalue weighted by Crippen LogP contribution is 2.29. The Kier molecular flexibility index (Phi) is 7.17. The van der Waals surface area contributed by atoms with Crippen LogP contribution in [0.2, 0.25) is 5.02 Å². The van der Waals surface area contributed by atoms with Crippen LogP contribution in [-0.4, -0.2) is 32.3 Å². The van der Waals surface area contributed by atoms with E-state index in [0.29, 0.717) is 11.4 Å². The molecule has 4 aromatic rings. The first kappa shape index (κ1) is 23.8. The molecule has 34 heavy (non-hydrogen) atoms. The van der Waals surface area contributed by atoms with Crippen LogP contribution in [0.5, 0.6) is 5.75 Å². The van der Waals surface area contributed by atoms with E-state index in [9.17, 15) is 13.2 Å². The van der Waals surface area contributed by atoms with Gasteiger partial charge in [-0.05, 0) is 35.2 Å². The second-order valence-corrected chi connectivity index (χ2v) is 9.98. The number of halogens is 1. The number of fused-ring (bicyclic) bond motifs is 1. The average molecular weight is 495 g/mol. The van der Waals surface area contributed by atoms with E-state index >= 15 is 0 Å². The summed E-state index contributed by atoms with van der Waals surface area (Å²) in [7, 11) is -2.59. The molecule has 0 atom stereocenters. The molecule has 6 nitrogen and oxygen atoms in total. The predicted molar refractivity (Wildman–Crippen MR) is 135 cm³/mol. The molecular weight excluding hydrogens is 472 g/mol. The molecule has 4 aromatic carbocycles. The number of nitrogens with one attached hydrogen (secondary N) is 1. The topological polar surface area (TPSA) is 75.7 Å². The SMILES string of the molecule is COc1ccc(S(=O)(=O)N(CC(=O)Nc2cccc3ccccc23)Cc2ccccc2)cc1Cl. The fourth-order valence-electron chi connectivity index (χ4n) is 3.65. The number of carbonyl (C=O) groups excluding carboxylic acids is 1. The first-order chi connectivity index (χ1) is 16.4. The van der Waals surface area contributed by atoms with Crippen molar-refractivity contribution in [3.63, 3.8) is 0 Å². The third-order valence-electron chi connectivity index (χ3n) is 5.35. The van der Waals surface area contributed by atoms with Gasteiger partial charge in [-0.1, -0.05) is 78.3 Å². The quantitative estimate of drug-likeness (QED) is 0.359. The Labute approximate surface area is 203 Å². The molecule has 0 unspecified atom stereocenters. The molecule has 1 N–H and O–H groups in total. The van der Waals surface area contributed by atoms with Crippen LogP contribution >= 0.6 is 11.6 Å². The molecule has 0 aromatic heterocycles. The van der Waals surface area contributed by atoms with Gasteiger partial charge in [0.25, 0.3) is 0 Å². The summed E-state index contributed by atoms with van der Waals surface area (Å²) < 4.78 is 33.3. The molecule has 0 saturated heterocycles. The van der Waals surface area contributed by atoms with Gasteiger partial charge in [0, 0.05) is 17.6 Å². The minimum Gasteiger partial charge on any atom is -0.495 e. The van der Waals surface area contributed by atoms with Gasteiger partial charge in [-0.25, -0.2) is 8.42 Å². The normalized spacial score (nSPS) is 11.5. The van der Waals surface area contributed by atoms with Crippen LogP contribution in [0, 0.1) is 0 Å². The predicted octanol–water partition coefficient (Wildman–Crippen LogP) is 5.33. The van der Waals surface area contributed by atoms with Crippen molar-refractivity contribution >= 4 is 44.0 Å². The van der Waals surface area contributed by atoms with Gasteiger partial charge < -0.3 is 10.1 Å². The maximum absolute atomic E-state index is 13.5. The minimum atomic E-state index is -4.04. The number of benzene rings is 4. The summed E-state index contributed by atoms with van der Waals surface area (Å²) in [6.45, 7) is -0.347. The zero-order chi connectivity index (χ0) is 24.1. The molecule has 1 amide bonds. The Morgan fingerprint density at radius 2 is 1.65 bits per heavy atom. The van der Waals surface area contributed by atoms with E-state index < -0.39 is 15.9 Å². The van der Waals surface area contributed by atoms with Crippen molar-refractivity contribution < 1.29 is 17.9 Å². The molecule has 0 aliphatic carbocycles. The minimum absolute atomic E-state index is 0.0211. The van der Waals surface area contributed by atoms with Crippen molar-refractivity contribution in [1.29, 1.82) is 0 Å². The first-order valence-electron chi connectivity index (χ1n) is 10.5. The summed E-state index contributed by atoms with van der Waals surface area (Å²) in [5.74, 6) is -0.0839. The highest BCUT2D eigenvalue weighted by Gasteiger charge is 2.28. The highest BCUT2D eigenvalue weighted by atomic mass is 35.5. The molecule has 0 spiro atoms. The number of amides is 1. The van der Waals surface area contributed by atoms with Crippen molar-refractivity contribution in [2.45, 2.75) is 11.4 Å². The fraction of sp³-hybridized carbons (Fsp3) is 0.115. The van der Waals surface area contributed by atoms with E-state index in [-0.39, 0.29) is 23.0 Å². The Balaban J connectivity index is 1.64. The van der Waals surface area contributed by atoms with Gasteiger partial charge in [0.05, 0.1) is 23.6 Å². The summed E-state index contributed by atoms with van der Waals surface area (Å²) in [4.78, 5) is 13.0. The van der Waals surface area contributed by atoms with Crippen molar-refractivity contribution in [1.82, 2.24) is 4.31 Å². The number of hydrogen-bond donors (Lipinski definition) is 1. The zero-order valence-corrected chi connectivity index (χ0v) is 20.0. The van der Waals surface area contributed by atoms with E-state index in [1.807, 2.05) is 66.7 Å². The number of hydrogen-bond acceptors (Lipinski definition) is 4. The lowest BCUT2D eigenvalue weighted by Crippen LogP contribution is -2.37. The summed E-state index contributed by atoms with van der Waals surface area (Å²) in [5.41, 5.74) is 1.37. The number of carbonyl (C=O) groups is 1. The van der Waals surface area contributed by atoms with E-state index in [0.717, 1.165) is 20.6 Å². The fourth-order valence-corrected chi connectivity index (χ4v) is 5.39. The van der Waals surface area contributed by atoms with E-state index in [1.165, 1.54) is 25.3 Å². The molecule has 0 fully saturated rings. The molecule has 174 valence electrons. The Hall–Kier alpha value is -3.39. The smallest absolute Gasteiger partial charge is 0.243 e. The van der Waals surface area contributed by atoms with Gasteiger partial charge >= 0.3 is 0 Å².